The van der Waals surface area contributed by atoms with E-state index >= 15 is 0 Å². The Morgan fingerprint density at radius 3 is 2.12 bits per heavy atom. The normalized spacial score (nSPS) is 9.75. The van der Waals surface area contributed by atoms with Gasteiger partial charge in [0.1, 0.15) is 0 Å². The van der Waals surface area contributed by atoms with Crippen LogP contribution in [0.5, 0.6) is 0 Å². The van der Waals surface area contributed by atoms with Crippen molar-refractivity contribution in [2.75, 3.05) is 6.61 Å². The highest BCUT2D eigenvalue weighted by Crippen LogP contribution is 1.99. The molecule has 0 aromatic heterocycles. The van der Waals surface area contributed by atoms with Gasteiger partial charge in [0.15, 0.2) is 0 Å². The van der Waals surface area contributed by atoms with Crippen molar-refractivity contribution in [3.05, 3.63) is 0 Å². The minimum atomic E-state index is 0.115. The highest BCUT2D eigenvalue weighted by Gasteiger charge is 1.81. The summed E-state index contributed by atoms with van der Waals surface area (Å²) in [5.41, 5.74) is 0. The highest BCUT2D eigenvalue weighted by molar-refractivity contribution is 4.38. The van der Waals surface area contributed by atoms with E-state index < -0.39 is 0 Å². The maximum atomic E-state index is 9.89. The Labute approximate surface area is 51.7 Å². The number of unbranched alkanes of at least 4 members (excludes halogenated alkanes) is 4. The van der Waals surface area contributed by atoms with E-state index in [4.69, 9.17) is 0 Å². The van der Waals surface area contributed by atoms with Gasteiger partial charge in [-0.05, 0) is 0 Å². The number of rotatable bonds is 5. The summed E-state index contributed by atoms with van der Waals surface area (Å²) in [7, 11) is 0. The molecule has 0 atom stereocenters. The fraction of sp³-hybridized carbons (Fsp3) is 1.00. The molecule has 0 unspecified atom stereocenters. The molecule has 50 valence electrons. The van der Waals surface area contributed by atoms with Crippen LogP contribution in [-0.2, 0) is 0 Å². The van der Waals surface area contributed by atoms with Crippen LogP contribution >= 0.6 is 0 Å². The van der Waals surface area contributed by atoms with E-state index in [2.05, 4.69) is 6.92 Å². The van der Waals surface area contributed by atoms with Gasteiger partial charge < -0.3 is 5.11 Å². The number of hydrogen-bond acceptors (Lipinski definition) is 1. The van der Waals surface area contributed by atoms with Crippen molar-refractivity contribution in [2.24, 2.45) is 0 Å². The van der Waals surface area contributed by atoms with Gasteiger partial charge in [-0.2, -0.15) is 0 Å². The minimum absolute atomic E-state index is 0.115. The summed E-state index contributed by atoms with van der Waals surface area (Å²) < 4.78 is 0. The summed E-state index contributed by atoms with van der Waals surface area (Å²) in [6, 6.07) is 0. The molecule has 8 heavy (non-hydrogen) atoms. The Kier molecular flexibility index (Phi) is 6.93. The molecule has 0 radical (unpaired) electrons. The third kappa shape index (κ3) is 5.96. The molecule has 1 nitrogen and oxygen atoms in total. The Bertz CT molecular complexity index is 29.4. The summed E-state index contributed by atoms with van der Waals surface area (Å²) >= 11 is 0. The van der Waals surface area contributed by atoms with E-state index in [1.54, 1.807) is 0 Å². The quantitative estimate of drug-likeness (QED) is 0.495. The lowest BCUT2D eigenvalue weighted by atomic mass is 10.2. The first-order valence-electron chi connectivity index (χ1n) is 3.50. The molecule has 0 fully saturated rings. The average Bonchev–Trinajstić information content (AvgIpc) is 1.81. The van der Waals surface area contributed by atoms with Gasteiger partial charge in [-0.15, -0.1) is 6.61 Å². The van der Waals surface area contributed by atoms with Gasteiger partial charge in [0.2, 0.25) is 0 Å². The molecule has 0 spiro atoms. The molecule has 0 amide bonds. The van der Waals surface area contributed by atoms with E-state index in [0.717, 1.165) is 12.8 Å². The summed E-state index contributed by atoms with van der Waals surface area (Å²) in [4.78, 5) is 0. The second-order valence-corrected chi connectivity index (χ2v) is 2.12. The molecule has 0 aliphatic rings. The van der Waals surface area contributed by atoms with Crippen LogP contribution in [-0.4, -0.2) is 6.61 Å². The summed E-state index contributed by atoms with van der Waals surface area (Å²) in [6.07, 6.45) is 5.81. The van der Waals surface area contributed by atoms with Gasteiger partial charge in [-0.25, -0.2) is 0 Å². The van der Waals surface area contributed by atoms with Crippen molar-refractivity contribution in [3.8, 4) is 0 Å². The van der Waals surface area contributed by atoms with Crippen molar-refractivity contribution in [1.82, 2.24) is 0 Å². The molecule has 0 bridgehead atoms. The van der Waals surface area contributed by atoms with Crippen LogP contribution < -0.4 is 5.11 Å². The molecule has 1 heteroatoms. The van der Waals surface area contributed by atoms with Gasteiger partial charge in [0.25, 0.3) is 0 Å². The molecule has 0 heterocycles. The first kappa shape index (κ1) is 7.96. The van der Waals surface area contributed by atoms with Crippen LogP contribution in [0.1, 0.15) is 39.0 Å². The lowest BCUT2D eigenvalue weighted by molar-refractivity contribution is -0.368. The molecule has 0 aromatic carbocycles. The Hall–Kier alpha value is -0.0400. The zero-order chi connectivity index (χ0) is 6.24. The van der Waals surface area contributed by atoms with Crippen LogP contribution in [0.2, 0.25) is 0 Å². The fourth-order valence-electron chi connectivity index (χ4n) is 0.706. The van der Waals surface area contributed by atoms with Gasteiger partial charge in [-0.3, -0.25) is 0 Å². The maximum absolute atomic E-state index is 9.89. The molecular formula is C7H15O-. The lowest BCUT2D eigenvalue weighted by Crippen LogP contribution is -2.04. The van der Waals surface area contributed by atoms with Crippen LogP contribution in [0.4, 0.5) is 0 Å². The topological polar surface area (TPSA) is 23.1 Å². The monoisotopic (exact) mass is 115 g/mol. The maximum Gasteiger partial charge on any atom is -0.0534 e. The van der Waals surface area contributed by atoms with Gasteiger partial charge in [0, 0.05) is 0 Å². The molecule has 0 N–H and O–H groups in total. The zero-order valence-corrected chi connectivity index (χ0v) is 5.65. The Balaban J connectivity index is 2.53. The van der Waals surface area contributed by atoms with Crippen molar-refractivity contribution in [1.29, 1.82) is 0 Å². The predicted molar refractivity (Wildman–Crippen MR) is 33.6 cm³/mol. The SMILES string of the molecule is CCCCCCC[O-]. The Morgan fingerprint density at radius 2 is 1.62 bits per heavy atom. The molecule has 0 saturated carbocycles. The first-order valence-corrected chi connectivity index (χ1v) is 3.50. The third-order valence-corrected chi connectivity index (χ3v) is 1.25. The van der Waals surface area contributed by atoms with Gasteiger partial charge in [-0.1, -0.05) is 39.0 Å². The lowest BCUT2D eigenvalue weighted by Gasteiger charge is -2.00. The molecule has 0 saturated heterocycles. The Morgan fingerprint density at radius 1 is 1.00 bits per heavy atom. The largest absolute Gasteiger partial charge is 0.854 e. The van der Waals surface area contributed by atoms with Crippen molar-refractivity contribution >= 4 is 0 Å². The highest BCUT2D eigenvalue weighted by atomic mass is 16.2. The smallest absolute Gasteiger partial charge is 0.0534 e. The van der Waals surface area contributed by atoms with Crippen molar-refractivity contribution < 1.29 is 5.11 Å². The first-order chi connectivity index (χ1) is 3.91. The standard InChI is InChI=1S/C7H15O/c1-2-3-4-5-6-7-8/h2-7H2,1H3/q-1. The van der Waals surface area contributed by atoms with Crippen LogP contribution in [0.15, 0.2) is 0 Å². The molecule has 0 aromatic rings. The van der Waals surface area contributed by atoms with Crippen LogP contribution in [0, 0.1) is 0 Å². The van der Waals surface area contributed by atoms with Gasteiger partial charge in [0.05, 0.1) is 0 Å². The molecule has 0 aliphatic carbocycles. The second-order valence-electron chi connectivity index (χ2n) is 2.12. The van der Waals surface area contributed by atoms with Crippen molar-refractivity contribution in [2.45, 2.75) is 39.0 Å². The third-order valence-electron chi connectivity index (χ3n) is 1.25. The predicted octanol–water partition coefficient (Wildman–Crippen LogP) is 1.32. The minimum Gasteiger partial charge on any atom is -0.854 e. The van der Waals surface area contributed by atoms with Crippen LogP contribution in [0.25, 0.3) is 0 Å². The average molecular weight is 115 g/mol. The summed E-state index contributed by atoms with van der Waals surface area (Å²) in [5, 5.41) is 9.89. The second kappa shape index (κ2) is 6.96. The fourth-order valence-corrected chi connectivity index (χ4v) is 0.706. The zero-order valence-electron chi connectivity index (χ0n) is 5.65. The van der Waals surface area contributed by atoms with E-state index in [1.165, 1.54) is 19.3 Å². The van der Waals surface area contributed by atoms with Crippen molar-refractivity contribution in [3.63, 3.8) is 0 Å². The van der Waals surface area contributed by atoms with Gasteiger partial charge >= 0.3 is 0 Å². The summed E-state index contributed by atoms with van der Waals surface area (Å²) in [5.74, 6) is 0. The van der Waals surface area contributed by atoms with E-state index in [9.17, 15) is 5.11 Å². The van der Waals surface area contributed by atoms with E-state index in [1.807, 2.05) is 0 Å². The molecule has 0 rings (SSSR count). The molecular weight excluding hydrogens is 100 g/mol. The van der Waals surface area contributed by atoms with E-state index in [0.29, 0.717) is 0 Å². The van der Waals surface area contributed by atoms with Crippen LogP contribution in [0.3, 0.4) is 0 Å². The summed E-state index contributed by atoms with van der Waals surface area (Å²) in [6.45, 7) is 2.29. The molecule has 0 aliphatic heterocycles. The number of hydrogen-bond donors (Lipinski definition) is 0. The van der Waals surface area contributed by atoms with E-state index in [-0.39, 0.29) is 6.61 Å².